The molecule has 0 radical (unpaired) electrons. The Morgan fingerprint density at radius 1 is 1.15 bits per heavy atom. The van der Waals surface area contributed by atoms with E-state index in [0.29, 0.717) is 24.1 Å². The van der Waals surface area contributed by atoms with Crippen LogP contribution in [0, 0.1) is 0 Å². The average molecular weight is 459 g/mol. The first-order chi connectivity index (χ1) is 12.6. The smallest absolute Gasteiger partial charge is 0.231 e. The highest BCUT2D eigenvalue weighted by Crippen LogP contribution is 2.38. The second-order valence-corrected chi connectivity index (χ2v) is 7.13. The number of hydrogen-bond donors (Lipinski definition) is 1. The Balaban J connectivity index is 0.00000261. The van der Waals surface area contributed by atoms with Gasteiger partial charge in [0.2, 0.25) is 6.79 Å². The van der Waals surface area contributed by atoms with Crippen molar-refractivity contribution in [2.24, 2.45) is 0 Å². The summed E-state index contributed by atoms with van der Waals surface area (Å²) in [6.45, 7) is 5.81. The molecule has 1 aliphatic heterocycles. The molecule has 1 unspecified atom stereocenters. The normalized spacial score (nSPS) is 13.0. The third-order valence-electron chi connectivity index (χ3n) is 4.38. The molecule has 1 atom stereocenters. The lowest BCUT2D eigenvalue weighted by Crippen LogP contribution is -2.24. The van der Waals surface area contributed by atoms with Crippen LogP contribution in [0.25, 0.3) is 0 Å². The van der Waals surface area contributed by atoms with E-state index >= 15 is 0 Å². The predicted octanol–water partition coefficient (Wildman–Crippen LogP) is 5.08. The number of ether oxygens (including phenoxy) is 4. The number of halogens is 2. The monoisotopic (exact) mass is 457 g/mol. The first kappa shape index (κ1) is 21.7. The van der Waals surface area contributed by atoms with Crippen molar-refractivity contribution in [3.63, 3.8) is 0 Å². The Kier molecular flexibility index (Phi) is 8.07. The molecule has 1 heterocycles. The SMILES string of the molecule is CCC(C)NCc1cc(Br)c(OCc2ccc3c(c2)OCO3)c(OC)c1.Cl. The fourth-order valence-electron chi connectivity index (χ4n) is 2.64. The fourth-order valence-corrected chi connectivity index (χ4v) is 3.24. The molecule has 0 saturated heterocycles. The number of methoxy groups -OCH3 is 1. The van der Waals surface area contributed by atoms with Crippen LogP contribution >= 0.6 is 28.3 Å². The summed E-state index contributed by atoms with van der Waals surface area (Å²) in [5.41, 5.74) is 2.15. The van der Waals surface area contributed by atoms with Crippen LogP contribution in [0.3, 0.4) is 0 Å². The summed E-state index contributed by atoms with van der Waals surface area (Å²) in [6, 6.07) is 10.4. The van der Waals surface area contributed by atoms with E-state index in [9.17, 15) is 0 Å². The molecule has 0 bridgehead atoms. The number of rotatable bonds is 8. The van der Waals surface area contributed by atoms with E-state index < -0.39 is 0 Å². The van der Waals surface area contributed by atoms with Crippen LogP contribution in [0.5, 0.6) is 23.0 Å². The molecule has 0 saturated carbocycles. The molecule has 7 heteroatoms. The van der Waals surface area contributed by atoms with Crippen LogP contribution in [0.4, 0.5) is 0 Å². The molecule has 5 nitrogen and oxygen atoms in total. The molecule has 1 N–H and O–H groups in total. The summed E-state index contributed by atoms with van der Waals surface area (Å²) in [4.78, 5) is 0. The summed E-state index contributed by atoms with van der Waals surface area (Å²) in [5, 5.41) is 3.49. The number of fused-ring (bicyclic) bond motifs is 1. The highest BCUT2D eigenvalue weighted by Gasteiger charge is 2.15. The Hall–Kier alpha value is -1.63. The van der Waals surface area contributed by atoms with Crippen LogP contribution in [-0.2, 0) is 13.2 Å². The minimum atomic E-state index is 0. The maximum Gasteiger partial charge on any atom is 0.231 e. The van der Waals surface area contributed by atoms with E-state index in [0.717, 1.165) is 40.1 Å². The van der Waals surface area contributed by atoms with Crippen molar-refractivity contribution in [2.45, 2.75) is 39.5 Å². The molecule has 2 aromatic rings. The van der Waals surface area contributed by atoms with E-state index in [4.69, 9.17) is 18.9 Å². The fraction of sp³-hybridized carbons (Fsp3) is 0.400. The summed E-state index contributed by atoms with van der Waals surface area (Å²) >= 11 is 3.61. The quantitative estimate of drug-likeness (QED) is 0.598. The molecule has 2 aromatic carbocycles. The van der Waals surface area contributed by atoms with Gasteiger partial charge < -0.3 is 24.3 Å². The van der Waals surface area contributed by atoms with Crippen LogP contribution in [0.2, 0.25) is 0 Å². The Morgan fingerprint density at radius 2 is 1.93 bits per heavy atom. The van der Waals surface area contributed by atoms with Gasteiger partial charge in [-0.1, -0.05) is 13.0 Å². The minimum absolute atomic E-state index is 0. The van der Waals surface area contributed by atoms with E-state index in [1.165, 1.54) is 0 Å². The lowest BCUT2D eigenvalue weighted by molar-refractivity contribution is 0.174. The van der Waals surface area contributed by atoms with Gasteiger partial charge in [0.15, 0.2) is 23.0 Å². The van der Waals surface area contributed by atoms with E-state index in [1.807, 2.05) is 24.3 Å². The number of benzene rings is 2. The molecule has 1 aliphatic rings. The standard InChI is InChI=1S/C20H24BrNO4.ClH/c1-4-13(2)22-10-15-7-16(21)20(19(9-15)23-3)24-11-14-5-6-17-18(8-14)26-12-25-17;/h5-9,13,22H,4,10-12H2,1-3H3;1H. The van der Waals surface area contributed by atoms with Crippen LogP contribution in [0.15, 0.2) is 34.8 Å². The largest absolute Gasteiger partial charge is 0.493 e. The zero-order valence-electron chi connectivity index (χ0n) is 15.7. The van der Waals surface area contributed by atoms with Gasteiger partial charge in [-0.2, -0.15) is 0 Å². The lowest BCUT2D eigenvalue weighted by Gasteiger charge is -2.16. The molecule has 0 amide bonds. The highest BCUT2D eigenvalue weighted by molar-refractivity contribution is 9.10. The Morgan fingerprint density at radius 3 is 2.67 bits per heavy atom. The zero-order valence-corrected chi connectivity index (χ0v) is 18.1. The van der Waals surface area contributed by atoms with Gasteiger partial charge in [-0.05, 0) is 64.7 Å². The van der Waals surface area contributed by atoms with E-state index in [-0.39, 0.29) is 19.2 Å². The predicted molar refractivity (Wildman–Crippen MR) is 111 cm³/mol. The average Bonchev–Trinajstić information content (AvgIpc) is 3.12. The molecule has 0 aromatic heterocycles. The van der Waals surface area contributed by atoms with E-state index in [1.54, 1.807) is 7.11 Å². The Labute approximate surface area is 174 Å². The van der Waals surface area contributed by atoms with Gasteiger partial charge in [-0.25, -0.2) is 0 Å². The van der Waals surface area contributed by atoms with Crippen molar-refractivity contribution in [1.29, 1.82) is 0 Å². The minimum Gasteiger partial charge on any atom is -0.493 e. The van der Waals surface area contributed by atoms with Gasteiger partial charge in [-0.15, -0.1) is 12.4 Å². The summed E-state index contributed by atoms with van der Waals surface area (Å²) < 4.78 is 23.2. The number of hydrogen-bond acceptors (Lipinski definition) is 5. The van der Waals surface area contributed by atoms with Gasteiger partial charge in [0.25, 0.3) is 0 Å². The molecule has 148 valence electrons. The molecule has 0 aliphatic carbocycles. The van der Waals surface area contributed by atoms with Crippen LogP contribution in [-0.4, -0.2) is 19.9 Å². The summed E-state index contributed by atoms with van der Waals surface area (Å²) in [7, 11) is 1.65. The maximum atomic E-state index is 6.02. The van der Waals surface area contributed by atoms with Gasteiger partial charge in [-0.3, -0.25) is 0 Å². The summed E-state index contributed by atoms with van der Waals surface area (Å²) in [6.07, 6.45) is 1.09. The van der Waals surface area contributed by atoms with Crippen molar-refractivity contribution in [3.05, 3.63) is 45.9 Å². The zero-order chi connectivity index (χ0) is 18.5. The van der Waals surface area contributed by atoms with E-state index in [2.05, 4.69) is 41.2 Å². The lowest BCUT2D eigenvalue weighted by atomic mass is 10.1. The molecule has 0 spiro atoms. The van der Waals surface area contributed by atoms with Crippen molar-refractivity contribution >= 4 is 28.3 Å². The molecule has 3 rings (SSSR count). The van der Waals surface area contributed by atoms with Gasteiger partial charge in [0.05, 0.1) is 11.6 Å². The maximum absolute atomic E-state index is 6.02. The van der Waals surface area contributed by atoms with Gasteiger partial charge in [0, 0.05) is 12.6 Å². The third-order valence-corrected chi connectivity index (χ3v) is 4.97. The van der Waals surface area contributed by atoms with Crippen molar-refractivity contribution < 1.29 is 18.9 Å². The second kappa shape index (κ2) is 10.1. The van der Waals surface area contributed by atoms with Crippen LogP contribution < -0.4 is 24.3 Å². The van der Waals surface area contributed by atoms with Gasteiger partial charge in [0.1, 0.15) is 6.61 Å². The topological polar surface area (TPSA) is 49.0 Å². The van der Waals surface area contributed by atoms with Crippen molar-refractivity contribution in [1.82, 2.24) is 5.32 Å². The molecule has 0 fully saturated rings. The molecular formula is C20H25BrClNO4. The van der Waals surface area contributed by atoms with Gasteiger partial charge >= 0.3 is 0 Å². The Bertz CT molecular complexity index is 772. The second-order valence-electron chi connectivity index (χ2n) is 6.28. The first-order valence-corrected chi connectivity index (χ1v) is 9.51. The van der Waals surface area contributed by atoms with Crippen LogP contribution in [0.1, 0.15) is 31.4 Å². The molecule has 27 heavy (non-hydrogen) atoms. The third kappa shape index (κ3) is 5.43. The van der Waals surface area contributed by atoms with Crippen molar-refractivity contribution in [2.75, 3.05) is 13.9 Å². The number of nitrogens with one attached hydrogen (secondary N) is 1. The summed E-state index contributed by atoms with van der Waals surface area (Å²) in [5.74, 6) is 2.92. The first-order valence-electron chi connectivity index (χ1n) is 8.71. The van der Waals surface area contributed by atoms with Crippen molar-refractivity contribution in [3.8, 4) is 23.0 Å². The highest BCUT2D eigenvalue weighted by atomic mass is 79.9. The molecular weight excluding hydrogens is 434 g/mol.